The van der Waals surface area contributed by atoms with Crippen molar-refractivity contribution >= 4 is 41.0 Å². The van der Waals surface area contributed by atoms with Crippen molar-refractivity contribution < 1.29 is 14.0 Å². The van der Waals surface area contributed by atoms with Crippen molar-refractivity contribution in [3.63, 3.8) is 0 Å². The minimum absolute atomic E-state index is 0.174. The van der Waals surface area contributed by atoms with Crippen LogP contribution in [-0.4, -0.2) is 33.9 Å². The smallest absolute Gasteiger partial charge is 0.240 e. The molecule has 1 aromatic heterocycles. The number of nitrogens with zero attached hydrogens (tertiary/aromatic N) is 3. The number of fused-ring (bicyclic) bond motifs is 1. The van der Waals surface area contributed by atoms with E-state index >= 15 is 0 Å². The molecule has 0 spiro atoms. The van der Waals surface area contributed by atoms with Crippen LogP contribution in [0.2, 0.25) is 5.02 Å². The fourth-order valence-corrected chi connectivity index (χ4v) is 6.53. The fraction of sp³-hybridized carbons (Fsp3) is 0.303. The van der Waals surface area contributed by atoms with E-state index in [0.717, 1.165) is 39.2 Å². The second kappa shape index (κ2) is 11.9. The number of aromatic nitrogens is 2. The maximum Gasteiger partial charge on any atom is 0.240 e. The van der Waals surface area contributed by atoms with Crippen LogP contribution in [0.5, 0.6) is 0 Å². The molecule has 0 unspecified atom stereocenters. The molecule has 0 radical (unpaired) electrons. The molecule has 0 saturated carbocycles. The van der Waals surface area contributed by atoms with Gasteiger partial charge in [0.1, 0.15) is 18.2 Å². The summed E-state index contributed by atoms with van der Waals surface area (Å²) in [7, 11) is 0. The summed E-state index contributed by atoms with van der Waals surface area (Å²) in [5, 5.41) is 8.45. The molecule has 2 heterocycles. The van der Waals surface area contributed by atoms with E-state index in [0.29, 0.717) is 10.8 Å². The van der Waals surface area contributed by atoms with E-state index in [2.05, 4.69) is 26.1 Å². The van der Waals surface area contributed by atoms with Gasteiger partial charge < -0.3 is 5.32 Å². The molecule has 1 N–H and O–H groups in total. The van der Waals surface area contributed by atoms with Crippen molar-refractivity contribution in [3.8, 4) is 5.69 Å². The predicted molar refractivity (Wildman–Crippen MR) is 168 cm³/mol. The molecule has 0 aliphatic carbocycles. The molecule has 218 valence electrons. The van der Waals surface area contributed by atoms with Gasteiger partial charge in [0.15, 0.2) is 0 Å². The van der Waals surface area contributed by atoms with Crippen LogP contribution < -0.4 is 10.2 Å². The van der Waals surface area contributed by atoms with Gasteiger partial charge in [0.2, 0.25) is 11.8 Å². The first-order chi connectivity index (χ1) is 19.9. The Morgan fingerprint density at radius 1 is 1.10 bits per heavy atom. The number of rotatable bonds is 6. The van der Waals surface area contributed by atoms with E-state index in [1.165, 1.54) is 23.9 Å². The van der Waals surface area contributed by atoms with Crippen molar-refractivity contribution in [2.24, 2.45) is 0 Å². The molecule has 4 aromatic rings. The van der Waals surface area contributed by atoms with Crippen LogP contribution in [0, 0.1) is 19.7 Å². The van der Waals surface area contributed by atoms with Crippen LogP contribution in [0.3, 0.4) is 0 Å². The lowest BCUT2D eigenvalue weighted by Crippen LogP contribution is -2.42. The normalized spacial score (nSPS) is 15.4. The summed E-state index contributed by atoms with van der Waals surface area (Å²) in [5.74, 6) is -0.0853. The lowest BCUT2D eigenvalue weighted by atomic mass is 9.87. The maximum atomic E-state index is 13.9. The molecular weight excluding hydrogens is 571 g/mol. The Morgan fingerprint density at radius 3 is 2.50 bits per heavy atom. The van der Waals surface area contributed by atoms with Crippen LogP contribution in [0.1, 0.15) is 59.5 Å². The lowest BCUT2D eigenvalue weighted by molar-refractivity contribution is -0.123. The number of hydrogen-bond donors (Lipinski definition) is 1. The highest BCUT2D eigenvalue weighted by Gasteiger charge is 2.40. The molecule has 0 fully saturated rings. The number of halogens is 2. The van der Waals surface area contributed by atoms with Crippen molar-refractivity contribution in [3.05, 3.63) is 111 Å². The second-order valence-corrected chi connectivity index (χ2v) is 13.1. The first kappa shape index (κ1) is 29.9. The number of amides is 2. The van der Waals surface area contributed by atoms with Gasteiger partial charge >= 0.3 is 0 Å². The summed E-state index contributed by atoms with van der Waals surface area (Å²) in [5.41, 5.74) is 6.09. The van der Waals surface area contributed by atoms with Crippen molar-refractivity contribution in [2.75, 3.05) is 17.2 Å². The van der Waals surface area contributed by atoms with Gasteiger partial charge in [-0.1, -0.05) is 68.8 Å². The number of thioether (sulfide) groups is 1. The largest absolute Gasteiger partial charge is 0.350 e. The van der Waals surface area contributed by atoms with E-state index < -0.39 is 0 Å². The van der Waals surface area contributed by atoms with Crippen molar-refractivity contribution in [1.82, 2.24) is 15.1 Å². The van der Waals surface area contributed by atoms with Gasteiger partial charge in [-0.2, -0.15) is 5.10 Å². The first-order valence-corrected chi connectivity index (χ1v) is 15.2. The highest BCUT2D eigenvalue weighted by molar-refractivity contribution is 8.00. The number of carbonyl (C=O) groups is 2. The molecule has 3 aromatic carbocycles. The third kappa shape index (κ3) is 6.10. The Morgan fingerprint density at radius 2 is 1.81 bits per heavy atom. The number of anilines is 1. The number of nitrogens with one attached hydrogen (secondary N) is 1. The predicted octanol–water partition coefficient (Wildman–Crippen LogP) is 7.06. The Hall–Kier alpha value is -3.62. The molecule has 0 bridgehead atoms. The third-order valence-electron chi connectivity index (χ3n) is 7.46. The highest BCUT2D eigenvalue weighted by atomic mass is 35.5. The zero-order valence-corrected chi connectivity index (χ0v) is 25.9. The number of aryl methyl sites for hydroxylation is 1. The minimum atomic E-state index is -0.367. The molecular formula is C33H34ClFN4O2S. The van der Waals surface area contributed by atoms with E-state index in [1.54, 1.807) is 17.0 Å². The number of benzene rings is 3. The molecule has 2 amide bonds. The van der Waals surface area contributed by atoms with Gasteiger partial charge in [-0.15, -0.1) is 11.8 Å². The van der Waals surface area contributed by atoms with Gasteiger partial charge in [0, 0.05) is 22.5 Å². The van der Waals surface area contributed by atoms with E-state index in [4.69, 9.17) is 16.7 Å². The van der Waals surface area contributed by atoms with Gasteiger partial charge in [-0.25, -0.2) is 9.07 Å². The fourth-order valence-electron chi connectivity index (χ4n) is 5.14. The summed E-state index contributed by atoms with van der Waals surface area (Å²) in [6.45, 7) is 10.4. The summed E-state index contributed by atoms with van der Waals surface area (Å²) in [6, 6.07) is 19.7. The zero-order chi connectivity index (χ0) is 30.2. The molecule has 1 aliphatic heterocycles. The van der Waals surface area contributed by atoms with Crippen LogP contribution in [0.15, 0.2) is 66.7 Å². The monoisotopic (exact) mass is 604 g/mol. The summed E-state index contributed by atoms with van der Waals surface area (Å²) in [4.78, 5) is 28.8. The van der Waals surface area contributed by atoms with E-state index in [9.17, 15) is 14.0 Å². The van der Waals surface area contributed by atoms with Gasteiger partial charge in [0.05, 0.1) is 22.4 Å². The van der Waals surface area contributed by atoms with Crippen LogP contribution in [-0.2, 0) is 21.5 Å². The van der Waals surface area contributed by atoms with Crippen LogP contribution in [0.4, 0.5) is 10.2 Å². The Bertz CT molecular complexity index is 1640. The number of carbonyl (C=O) groups excluding carboxylic acids is 2. The lowest BCUT2D eigenvalue weighted by Gasteiger charge is -2.25. The molecule has 5 rings (SSSR count). The van der Waals surface area contributed by atoms with Crippen molar-refractivity contribution in [1.29, 1.82) is 0 Å². The average Bonchev–Trinajstić information content (AvgIpc) is 3.27. The van der Waals surface area contributed by atoms with E-state index in [1.807, 2.05) is 61.0 Å². The molecule has 42 heavy (non-hydrogen) atoms. The number of hydrogen-bond acceptors (Lipinski definition) is 4. The highest BCUT2D eigenvalue weighted by Crippen LogP contribution is 2.48. The summed E-state index contributed by atoms with van der Waals surface area (Å²) < 4.78 is 15.2. The molecule has 0 saturated heterocycles. The molecule has 1 atom stereocenters. The van der Waals surface area contributed by atoms with E-state index in [-0.39, 0.29) is 47.1 Å². The minimum Gasteiger partial charge on any atom is -0.350 e. The zero-order valence-electron chi connectivity index (χ0n) is 24.4. The SMILES string of the molecule is Cc1cccc(-n2nc(C(C)(C)C)c3c2N(CC(=O)NCc2ccc(F)cc2)C(=O)CS[C@@H]3c2cccc(Cl)c2)c1C. The molecule has 1 aliphatic rings. The Kier molecular flexibility index (Phi) is 8.49. The summed E-state index contributed by atoms with van der Waals surface area (Å²) in [6.07, 6.45) is 0. The summed E-state index contributed by atoms with van der Waals surface area (Å²) >= 11 is 7.95. The maximum absolute atomic E-state index is 13.9. The molecule has 9 heteroatoms. The van der Waals surface area contributed by atoms with Crippen LogP contribution in [0.25, 0.3) is 5.69 Å². The average molecular weight is 605 g/mol. The van der Waals surface area contributed by atoms with Crippen molar-refractivity contribution in [2.45, 2.75) is 51.8 Å². The standard InChI is InChI=1S/C33H34ClFN4O2S/c1-20-8-6-11-26(21(20)2)39-32-29(31(37-39)33(3,4)5)30(23-9-7-10-24(34)16-23)42-19-28(41)38(32)18-27(40)36-17-22-12-14-25(35)15-13-22/h6-16,30H,17-19H2,1-5H3,(H,36,40)/t30-/m1/s1. The topological polar surface area (TPSA) is 67.2 Å². The Balaban J connectivity index is 1.66. The van der Waals surface area contributed by atoms with Crippen LogP contribution >= 0.6 is 23.4 Å². The first-order valence-electron chi connectivity index (χ1n) is 13.8. The van der Waals surface area contributed by atoms with Gasteiger partial charge in [0.25, 0.3) is 0 Å². The quantitative estimate of drug-likeness (QED) is 0.256. The Labute approximate surface area is 255 Å². The molecule has 6 nitrogen and oxygen atoms in total. The third-order valence-corrected chi connectivity index (χ3v) is 8.95. The van der Waals surface area contributed by atoms with Gasteiger partial charge in [-0.05, 0) is 66.4 Å². The van der Waals surface area contributed by atoms with Gasteiger partial charge in [-0.3, -0.25) is 14.5 Å². The second-order valence-electron chi connectivity index (χ2n) is 11.6.